The van der Waals surface area contributed by atoms with Crippen LogP contribution in [-0.2, 0) is 4.74 Å². The molecule has 1 aromatic rings. The van der Waals surface area contributed by atoms with Crippen LogP contribution in [0.15, 0.2) is 18.3 Å². The SMILES string of the molecule is N#Cc1ccc(NCC2(O)CCOCC2)nc1. The number of aromatic nitrogens is 1. The van der Waals surface area contributed by atoms with Crippen LogP contribution in [-0.4, -0.2) is 35.5 Å². The Morgan fingerprint density at radius 1 is 1.47 bits per heavy atom. The number of nitrogens with one attached hydrogen (secondary N) is 1. The molecule has 90 valence electrons. The third-order valence-corrected chi connectivity index (χ3v) is 2.91. The van der Waals surface area contributed by atoms with Crippen molar-refractivity contribution in [2.75, 3.05) is 25.1 Å². The summed E-state index contributed by atoms with van der Waals surface area (Å²) in [7, 11) is 0. The molecule has 0 atom stereocenters. The molecule has 0 bridgehead atoms. The minimum atomic E-state index is -0.714. The average molecular weight is 233 g/mol. The molecule has 17 heavy (non-hydrogen) atoms. The fourth-order valence-corrected chi connectivity index (χ4v) is 1.75. The number of rotatable bonds is 3. The van der Waals surface area contributed by atoms with Crippen molar-refractivity contribution in [2.24, 2.45) is 0 Å². The maximum absolute atomic E-state index is 10.2. The molecule has 1 fully saturated rings. The van der Waals surface area contributed by atoms with E-state index in [0.717, 1.165) is 0 Å². The van der Waals surface area contributed by atoms with Crippen molar-refractivity contribution in [2.45, 2.75) is 18.4 Å². The minimum absolute atomic E-state index is 0.454. The van der Waals surface area contributed by atoms with Crippen molar-refractivity contribution in [3.8, 4) is 6.07 Å². The maximum Gasteiger partial charge on any atom is 0.126 e. The first-order valence-electron chi connectivity index (χ1n) is 5.62. The van der Waals surface area contributed by atoms with Crippen LogP contribution in [0.5, 0.6) is 0 Å². The fourth-order valence-electron chi connectivity index (χ4n) is 1.75. The zero-order chi connectivity index (χ0) is 12.1. The highest BCUT2D eigenvalue weighted by molar-refractivity contribution is 5.39. The van der Waals surface area contributed by atoms with E-state index >= 15 is 0 Å². The highest BCUT2D eigenvalue weighted by Crippen LogP contribution is 2.20. The van der Waals surface area contributed by atoms with E-state index in [2.05, 4.69) is 10.3 Å². The molecular formula is C12H15N3O2. The van der Waals surface area contributed by atoms with Crippen LogP contribution in [0.4, 0.5) is 5.82 Å². The summed E-state index contributed by atoms with van der Waals surface area (Å²) in [5.41, 5.74) is -0.186. The third-order valence-electron chi connectivity index (χ3n) is 2.91. The van der Waals surface area contributed by atoms with Gasteiger partial charge in [-0.25, -0.2) is 4.98 Å². The lowest BCUT2D eigenvalue weighted by Gasteiger charge is -2.32. The predicted molar refractivity (Wildman–Crippen MR) is 62.4 cm³/mol. The Hall–Kier alpha value is -1.64. The van der Waals surface area contributed by atoms with E-state index in [-0.39, 0.29) is 0 Å². The van der Waals surface area contributed by atoms with Crippen molar-refractivity contribution >= 4 is 5.82 Å². The molecule has 1 saturated heterocycles. The number of nitrogens with zero attached hydrogens (tertiary/aromatic N) is 2. The Bertz CT molecular complexity index is 405. The van der Waals surface area contributed by atoms with E-state index < -0.39 is 5.60 Å². The van der Waals surface area contributed by atoms with Gasteiger partial charge in [-0.15, -0.1) is 0 Å². The van der Waals surface area contributed by atoms with Crippen LogP contribution in [0.25, 0.3) is 0 Å². The van der Waals surface area contributed by atoms with Crippen LogP contribution < -0.4 is 5.32 Å². The molecule has 0 radical (unpaired) electrons. The molecule has 2 heterocycles. The summed E-state index contributed by atoms with van der Waals surface area (Å²) in [5.74, 6) is 0.670. The quantitative estimate of drug-likeness (QED) is 0.811. The average Bonchev–Trinajstić information content (AvgIpc) is 2.38. The molecule has 0 aromatic carbocycles. The smallest absolute Gasteiger partial charge is 0.126 e. The van der Waals surface area contributed by atoms with Crippen LogP contribution in [0.2, 0.25) is 0 Å². The Kier molecular flexibility index (Phi) is 3.57. The lowest BCUT2D eigenvalue weighted by Crippen LogP contribution is -2.42. The van der Waals surface area contributed by atoms with Crippen LogP contribution >= 0.6 is 0 Å². The first kappa shape index (κ1) is 11.8. The molecule has 2 rings (SSSR count). The van der Waals surface area contributed by atoms with Crippen molar-refractivity contribution in [3.05, 3.63) is 23.9 Å². The first-order chi connectivity index (χ1) is 8.22. The second-order valence-electron chi connectivity index (χ2n) is 4.23. The van der Waals surface area contributed by atoms with Crippen molar-refractivity contribution in [1.29, 1.82) is 5.26 Å². The monoisotopic (exact) mass is 233 g/mol. The van der Waals surface area contributed by atoms with Gasteiger partial charge in [0.1, 0.15) is 11.9 Å². The summed E-state index contributed by atoms with van der Waals surface area (Å²) in [6.45, 7) is 1.65. The van der Waals surface area contributed by atoms with Crippen molar-refractivity contribution in [1.82, 2.24) is 4.98 Å². The zero-order valence-corrected chi connectivity index (χ0v) is 9.52. The highest BCUT2D eigenvalue weighted by atomic mass is 16.5. The van der Waals surface area contributed by atoms with Gasteiger partial charge < -0.3 is 15.2 Å². The van der Waals surface area contributed by atoms with Gasteiger partial charge in [-0.3, -0.25) is 0 Å². The van der Waals surface area contributed by atoms with E-state index in [1.165, 1.54) is 6.20 Å². The fraction of sp³-hybridized carbons (Fsp3) is 0.500. The van der Waals surface area contributed by atoms with Gasteiger partial charge in [0.05, 0.1) is 11.2 Å². The molecule has 2 N–H and O–H groups in total. The van der Waals surface area contributed by atoms with Gasteiger partial charge in [0.25, 0.3) is 0 Å². The van der Waals surface area contributed by atoms with E-state index in [1.54, 1.807) is 12.1 Å². The summed E-state index contributed by atoms with van der Waals surface area (Å²) in [4.78, 5) is 4.09. The normalized spacial score (nSPS) is 18.4. The summed E-state index contributed by atoms with van der Waals surface area (Å²) >= 11 is 0. The minimum Gasteiger partial charge on any atom is -0.388 e. The lowest BCUT2D eigenvalue weighted by molar-refractivity contribution is -0.0543. The molecule has 1 aromatic heterocycles. The molecule has 1 aliphatic rings. The van der Waals surface area contributed by atoms with Gasteiger partial charge >= 0.3 is 0 Å². The number of pyridine rings is 1. The number of ether oxygens (including phenoxy) is 1. The Morgan fingerprint density at radius 3 is 2.82 bits per heavy atom. The van der Waals surface area contributed by atoms with Gasteiger partial charge in [-0.05, 0) is 12.1 Å². The van der Waals surface area contributed by atoms with Gasteiger partial charge in [0.15, 0.2) is 0 Å². The summed E-state index contributed by atoms with van der Waals surface area (Å²) in [6.07, 6.45) is 2.78. The topological polar surface area (TPSA) is 78.2 Å². The van der Waals surface area contributed by atoms with Crippen LogP contribution in [0.3, 0.4) is 0 Å². The lowest BCUT2D eigenvalue weighted by atomic mass is 9.94. The van der Waals surface area contributed by atoms with Crippen molar-refractivity contribution < 1.29 is 9.84 Å². The Balaban J connectivity index is 1.90. The number of nitriles is 1. The van der Waals surface area contributed by atoms with Crippen LogP contribution in [0.1, 0.15) is 18.4 Å². The molecule has 0 amide bonds. The van der Waals surface area contributed by atoms with E-state index in [1.807, 2.05) is 6.07 Å². The molecule has 0 aliphatic carbocycles. The van der Waals surface area contributed by atoms with E-state index in [9.17, 15) is 5.11 Å². The standard InChI is InChI=1S/C12H15N3O2/c13-7-10-1-2-11(14-8-10)15-9-12(16)3-5-17-6-4-12/h1-2,8,16H,3-6,9H2,(H,14,15). The maximum atomic E-state index is 10.2. The number of hydrogen-bond donors (Lipinski definition) is 2. The molecule has 1 aliphatic heterocycles. The summed E-state index contributed by atoms with van der Waals surface area (Å²) in [6, 6.07) is 5.45. The number of aliphatic hydroxyl groups is 1. The van der Waals surface area contributed by atoms with Gasteiger partial charge in [-0.1, -0.05) is 0 Å². The second kappa shape index (κ2) is 5.13. The van der Waals surface area contributed by atoms with Gasteiger partial charge in [0.2, 0.25) is 0 Å². The van der Waals surface area contributed by atoms with Crippen molar-refractivity contribution in [3.63, 3.8) is 0 Å². The Labute approximate surface area is 100 Å². The molecule has 5 nitrogen and oxygen atoms in total. The first-order valence-corrected chi connectivity index (χ1v) is 5.62. The summed E-state index contributed by atoms with van der Waals surface area (Å²) < 4.78 is 5.21. The predicted octanol–water partition coefficient (Wildman–Crippen LogP) is 0.907. The second-order valence-corrected chi connectivity index (χ2v) is 4.23. The third kappa shape index (κ3) is 3.16. The van der Waals surface area contributed by atoms with E-state index in [0.29, 0.717) is 44.0 Å². The zero-order valence-electron chi connectivity index (χ0n) is 9.52. The largest absolute Gasteiger partial charge is 0.388 e. The molecule has 0 unspecified atom stereocenters. The number of anilines is 1. The molecular weight excluding hydrogens is 218 g/mol. The Morgan fingerprint density at radius 2 is 2.24 bits per heavy atom. The van der Waals surface area contributed by atoms with Gasteiger partial charge in [0, 0.05) is 38.8 Å². The van der Waals surface area contributed by atoms with Gasteiger partial charge in [-0.2, -0.15) is 5.26 Å². The molecule has 0 saturated carbocycles. The highest BCUT2D eigenvalue weighted by Gasteiger charge is 2.29. The van der Waals surface area contributed by atoms with Crippen LogP contribution in [0, 0.1) is 11.3 Å². The van der Waals surface area contributed by atoms with E-state index in [4.69, 9.17) is 10.00 Å². The number of hydrogen-bond acceptors (Lipinski definition) is 5. The molecule has 5 heteroatoms. The molecule has 0 spiro atoms. The summed E-state index contributed by atoms with van der Waals surface area (Å²) in [5, 5.41) is 21.9.